The Balaban J connectivity index is 1.28. The summed E-state index contributed by atoms with van der Waals surface area (Å²) in [5.74, 6) is -0.633. The molecular weight excluding hydrogens is 541 g/mol. The van der Waals surface area contributed by atoms with Crippen LogP contribution in [0.3, 0.4) is 0 Å². The lowest BCUT2D eigenvalue weighted by Gasteiger charge is -2.24. The molecule has 1 aliphatic rings. The predicted octanol–water partition coefficient (Wildman–Crippen LogP) is 6.38. The number of pyridine rings is 1. The second kappa shape index (κ2) is 10.1. The first-order valence-electron chi connectivity index (χ1n) is 11.8. The zero-order valence-corrected chi connectivity index (χ0v) is 22.1. The Labute approximate surface area is 232 Å². The standard InChI is InChI=1S/C28H19Cl2N5O2S/c29-20-8-7-17(24(30)13-20)12-21(15-35-26(36)22-3-1-2-4-23(22)27(35)37)32-28-34-33-25(38-28)18-5-6-19-14-31-10-9-16(19)11-18/h1-11,13-14,21H,12,15H2,(H,32,34)/t21-/m0/s1. The van der Waals surface area contributed by atoms with E-state index in [0.29, 0.717) is 32.7 Å². The fraction of sp³-hybridized carbons (Fsp3) is 0.107. The van der Waals surface area contributed by atoms with Crippen LogP contribution in [-0.2, 0) is 6.42 Å². The molecule has 38 heavy (non-hydrogen) atoms. The van der Waals surface area contributed by atoms with E-state index in [1.54, 1.807) is 42.6 Å². The SMILES string of the molecule is O=C1c2ccccc2C(=O)N1C[C@H](Cc1ccc(Cl)cc1Cl)Nc1nnc(-c2ccc3cnccc3c2)s1. The summed E-state index contributed by atoms with van der Waals surface area (Å²) in [5, 5.41) is 16.6. The van der Waals surface area contributed by atoms with Crippen molar-refractivity contribution in [2.24, 2.45) is 0 Å². The summed E-state index contributed by atoms with van der Waals surface area (Å²) in [6.45, 7) is 0.128. The van der Waals surface area contributed by atoms with Crippen LogP contribution in [0.2, 0.25) is 10.0 Å². The minimum atomic E-state index is -0.376. The van der Waals surface area contributed by atoms with Gasteiger partial charge in [-0.3, -0.25) is 19.5 Å². The largest absolute Gasteiger partial charge is 0.355 e. The Morgan fingerprint density at radius 1 is 0.895 bits per heavy atom. The molecule has 0 unspecified atom stereocenters. The number of fused-ring (bicyclic) bond motifs is 2. The van der Waals surface area contributed by atoms with Crippen molar-refractivity contribution in [3.63, 3.8) is 0 Å². The minimum Gasteiger partial charge on any atom is -0.355 e. The van der Waals surface area contributed by atoms with Crippen molar-refractivity contribution in [1.82, 2.24) is 20.1 Å². The number of nitrogens with zero attached hydrogens (tertiary/aromatic N) is 4. The molecule has 0 saturated heterocycles. The van der Waals surface area contributed by atoms with Gasteiger partial charge >= 0.3 is 0 Å². The van der Waals surface area contributed by atoms with E-state index in [0.717, 1.165) is 26.9 Å². The van der Waals surface area contributed by atoms with Crippen LogP contribution in [0.5, 0.6) is 0 Å². The number of carbonyl (C=O) groups is 2. The predicted molar refractivity (Wildman–Crippen MR) is 150 cm³/mol. The summed E-state index contributed by atoms with van der Waals surface area (Å²) >= 11 is 14.0. The molecule has 0 radical (unpaired) electrons. The molecule has 188 valence electrons. The number of nitrogens with one attached hydrogen (secondary N) is 1. The molecule has 0 saturated carbocycles. The second-order valence-electron chi connectivity index (χ2n) is 8.90. The topological polar surface area (TPSA) is 88.1 Å². The van der Waals surface area contributed by atoms with E-state index >= 15 is 0 Å². The van der Waals surface area contributed by atoms with Crippen molar-refractivity contribution < 1.29 is 9.59 Å². The van der Waals surface area contributed by atoms with Gasteiger partial charge in [0.15, 0.2) is 0 Å². The van der Waals surface area contributed by atoms with Crippen molar-refractivity contribution in [2.75, 3.05) is 11.9 Å². The maximum Gasteiger partial charge on any atom is 0.261 e. The summed E-state index contributed by atoms with van der Waals surface area (Å²) in [6, 6.07) is 19.7. The van der Waals surface area contributed by atoms with Gasteiger partial charge in [0, 0.05) is 39.9 Å². The third-order valence-electron chi connectivity index (χ3n) is 6.40. The summed E-state index contributed by atoms with van der Waals surface area (Å²) in [6.07, 6.45) is 4.00. The maximum atomic E-state index is 13.1. The van der Waals surface area contributed by atoms with Gasteiger partial charge in [-0.05, 0) is 53.8 Å². The van der Waals surface area contributed by atoms with E-state index in [2.05, 4.69) is 20.5 Å². The zero-order valence-electron chi connectivity index (χ0n) is 19.8. The first kappa shape index (κ1) is 24.5. The fourth-order valence-corrected chi connectivity index (χ4v) is 5.83. The van der Waals surface area contributed by atoms with E-state index in [9.17, 15) is 9.59 Å². The average Bonchev–Trinajstić information content (AvgIpc) is 3.49. The third kappa shape index (κ3) is 4.74. The molecule has 5 aromatic rings. The van der Waals surface area contributed by atoms with Crippen LogP contribution < -0.4 is 5.32 Å². The smallest absolute Gasteiger partial charge is 0.261 e. The van der Waals surface area contributed by atoms with Crippen LogP contribution in [0.25, 0.3) is 21.3 Å². The molecule has 10 heteroatoms. The van der Waals surface area contributed by atoms with E-state index in [1.165, 1.54) is 16.2 Å². The minimum absolute atomic E-state index is 0.128. The van der Waals surface area contributed by atoms with E-state index < -0.39 is 0 Å². The van der Waals surface area contributed by atoms with Crippen molar-refractivity contribution in [1.29, 1.82) is 0 Å². The number of hydrogen-bond acceptors (Lipinski definition) is 7. The molecule has 0 fully saturated rings. The Morgan fingerprint density at radius 3 is 2.45 bits per heavy atom. The first-order valence-corrected chi connectivity index (χ1v) is 13.4. The molecular formula is C28H19Cl2N5O2S. The van der Waals surface area contributed by atoms with Gasteiger partial charge < -0.3 is 5.32 Å². The number of carbonyl (C=O) groups excluding carboxylic acids is 2. The molecule has 6 rings (SSSR count). The molecule has 2 aromatic heterocycles. The lowest BCUT2D eigenvalue weighted by Crippen LogP contribution is -2.41. The van der Waals surface area contributed by atoms with Crippen molar-refractivity contribution in [3.05, 3.63) is 106 Å². The van der Waals surface area contributed by atoms with Crippen molar-refractivity contribution >= 4 is 62.3 Å². The van der Waals surface area contributed by atoms with Crippen LogP contribution in [0.15, 0.2) is 79.1 Å². The van der Waals surface area contributed by atoms with E-state index in [4.69, 9.17) is 23.2 Å². The highest BCUT2D eigenvalue weighted by Crippen LogP contribution is 2.31. The molecule has 0 aliphatic carbocycles. The van der Waals surface area contributed by atoms with Gasteiger partial charge in [0.25, 0.3) is 11.8 Å². The maximum absolute atomic E-state index is 13.1. The molecule has 0 spiro atoms. The monoisotopic (exact) mass is 559 g/mol. The highest BCUT2D eigenvalue weighted by atomic mass is 35.5. The number of aromatic nitrogens is 3. The molecule has 3 aromatic carbocycles. The van der Waals surface area contributed by atoms with Crippen LogP contribution in [0.1, 0.15) is 26.3 Å². The lowest BCUT2D eigenvalue weighted by atomic mass is 10.1. The van der Waals surface area contributed by atoms with Crippen molar-refractivity contribution in [2.45, 2.75) is 12.5 Å². The Kier molecular flexibility index (Phi) is 6.53. The number of imide groups is 1. The summed E-state index contributed by atoms with van der Waals surface area (Å²) < 4.78 is 0. The number of rotatable bonds is 7. The Morgan fingerprint density at radius 2 is 1.68 bits per heavy atom. The van der Waals surface area contributed by atoms with Gasteiger partial charge in [-0.2, -0.15) is 0 Å². The Bertz CT molecular complexity index is 1670. The highest BCUT2D eigenvalue weighted by molar-refractivity contribution is 7.18. The lowest BCUT2D eigenvalue weighted by molar-refractivity contribution is 0.0647. The molecule has 2 amide bonds. The summed E-state index contributed by atoms with van der Waals surface area (Å²) in [5.41, 5.74) is 2.58. The Hall–Kier alpha value is -3.85. The second-order valence-corrected chi connectivity index (χ2v) is 10.7. The summed E-state index contributed by atoms with van der Waals surface area (Å²) in [7, 11) is 0. The molecule has 1 aliphatic heterocycles. The molecule has 7 nitrogen and oxygen atoms in total. The molecule has 1 N–H and O–H groups in total. The molecule has 1 atom stereocenters. The number of hydrogen-bond donors (Lipinski definition) is 1. The van der Waals surface area contributed by atoms with Gasteiger partial charge in [0.1, 0.15) is 5.01 Å². The van der Waals surface area contributed by atoms with Crippen LogP contribution in [-0.4, -0.2) is 44.5 Å². The van der Waals surface area contributed by atoms with Crippen molar-refractivity contribution in [3.8, 4) is 10.6 Å². The normalized spacial score (nSPS) is 13.7. The van der Waals surface area contributed by atoms with Crippen LogP contribution >= 0.6 is 34.5 Å². The van der Waals surface area contributed by atoms with E-state index in [-0.39, 0.29) is 24.4 Å². The fourth-order valence-electron chi connectivity index (χ4n) is 4.53. The molecule has 3 heterocycles. The number of halogens is 2. The molecule has 0 bridgehead atoms. The third-order valence-corrected chi connectivity index (χ3v) is 7.89. The first-order chi connectivity index (χ1) is 18.5. The van der Waals surface area contributed by atoms with Gasteiger partial charge in [-0.25, -0.2) is 0 Å². The number of amides is 2. The number of benzene rings is 3. The van der Waals surface area contributed by atoms with Crippen LogP contribution in [0.4, 0.5) is 5.13 Å². The van der Waals surface area contributed by atoms with Gasteiger partial charge in [0.05, 0.1) is 17.2 Å². The van der Waals surface area contributed by atoms with Gasteiger partial charge in [-0.15, -0.1) is 10.2 Å². The van der Waals surface area contributed by atoms with E-state index in [1.807, 2.05) is 36.5 Å². The zero-order chi connectivity index (χ0) is 26.2. The van der Waals surface area contributed by atoms with Gasteiger partial charge in [0.2, 0.25) is 5.13 Å². The highest BCUT2D eigenvalue weighted by Gasteiger charge is 2.36. The van der Waals surface area contributed by atoms with Crippen LogP contribution in [0, 0.1) is 0 Å². The summed E-state index contributed by atoms with van der Waals surface area (Å²) in [4.78, 5) is 31.5. The average molecular weight is 560 g/mol. The quantitative estimate of drug-likeness (QED) is 0.233. The number of anilines is 1. The van der Waals surface area contributed by atoms with Gasteiger partial charge in [-0.1, -0.05) is 64.9 Å².